The molecule has 15 heavy (non-hydrogen) atoms. The highest BCUT2D eigenvalue weighted by atomic mass is 19.1. The maximum absolute atomic E-state index is 13.9. The summed E-state index contributed by atoms with van der Waals surface area (Å²) in [5.41, 5.74) is -0.705. The molecule has 80 valence electrons. The number of carbonyl (C=O) groups excluding carboxylic acids is 1. The average molecular weight is 217 g/mol. The summed E-state index contributed by atoms with van der Waals surface area (Å²) >= 11 is 0. The van der Waals surface area contributed by atoms with E-state index in [2.05, 4.69) is 19.2 Å². The number of ether oxygens (including phenoxy) is 3. The zero-order valence-corrected chi connectivity index (χ0v) is 7.54. The van der Waals surface area contributed by atoms with Crippen molar-refractivity contribution in [3.8, 4) is 11.5 Å². The molecule has 5 nitrogen and oxygen atoms in total. The first-order valence-electron chi connectivity index (χ1n) is 5.84. The van der Waals surface area contributed by atoms with E-state index >= 15 is 0 Å². The number of fused-ring (bicyclic) bond motifs is 1. The van der Waals surface area contributed by atoms with Crippen LogP contribution in [0.4, 0.5) is 4.39 Å². The third kappa shape index (κ3) is 1.58. The van der Waals surface area contributed by atoms with Crippen molar-refractivity contribution in [1.82, 2.24) is 4.98 Å². The summed E-state index contributed by atoms with van der Waals surface area (Å²) in [5.74, 6) is -3.51. The summed E-state index contributed by atoms with van der Waals surface area (Å²) < 4.78 is 56.8. The van der Waals surface area contributed by atoms with E-state index < -0.39 is 42.1 Å². The lowest BCUT2D eigenvalue weighted by atomic mass is 10.3. The Hall–Kier alpha value is -1.85. The first kappa shape index (κ1) is 5.89. The van der Waals surface area contributed by atoms with Crippen LogP contribution in [0.2, 0.25) is 0 Å². The van der Waals surface area contributed by atoms with Crippen molar-refractivity contribution in [2.24, 2.45) is 0 Å². The Bertz CT molecular complexity index is 551. The van der Waals surface area contributed by atoms with Gasteiger partial charge in [-0.05, 0) is 0 Å². The molecule has 0 amide bonds. The third-order valence-electron chi connectivity index (χ3n) is 1.68. The fourth-order valence-electron chi connectivity index (χ4n) is 1.01. The Morgan fingerprint density at radius 2 is 2.40 bits per heavy atom. The summed E-state index contributed by atoms with van der Waals surface area (Å²) in [6.07, 6.45) is 0.859. The second kappa shape index (κ2) is 3.72. The molecule has 0 aromatic carbocycles. The molecule has 2 heterocycles. The fourth-order valence-corrected chi connectivity index (χ4v) is 1.01. The number of carbonyl (C=O) groups is 1. The summed E-state index contributed by atoms with van der Waals surface area (Å²) in [6, 6.07) is 0. The highest BCUT2D eigenvalue weighted by Gasteiger charge is 2.24. The van der Waals surface area contributed by atoms with Crippen LogP contribution in [-0.4, -0.2) is 31.2 Å². The molecule has 0 saturated heterocycles. The molecule has 1 aliphatic heterocycles. The maximum Gasteiger partial charge on any atom is 0.359 e. The number of methoxy groups -OCH3 is 1. The molecule has 1 aromatic heterocycles. The van der Waals surface area contributed by atoms with Gasteiger partial charge in [0.05, 0.1) is 18.8 Å². The molecule has 1 aliphatic rings. The van der Waals surface area contributed by atoms with Crippen LogP contribution in [-0.2, 0) is 4.74 Å². The van der Waals surface area contributed by atoms with Gasteiger partial charge in [0.25, 0.3) is 0 Å². The zero-order valence-electron chi connectivity index (χ0n) is 11.5. The molecule has 0 aliphatic carbocycles. The Morgan fingerprint density at radius 3 is 3.13 bits per heavy atom. The quantitative estimate of drug-likeness (QED) is 0.650. The molecule has 6 heteroatoms. The number of nitrogens with zero attached hydrogens (tertiary/aromatic N) is 1. The molecular formula is C9H8FNO4. The van der Waals surface area contributed by atoms with Crippen LogP contribution in [0.5, 0.6) is 11.5 Å². The normalized spacial score (nSPS) is 24.1. The summed E-state index contributed by atoms with van der Waals surface area (Å²) in [6.45, 7) is -5.74. The van der Waals surface area contributed by atoms with Gasteiger partial charge in [-0.15, -0.1) is 0 Å². The molecule has 0 bridgehead atoms. The van der Waals surface area contributed by atoms with Crippen molar-refractivity contribution in [2.45, 2.75) is 0 Å². The molecule has 0 saturated carbocycles. The molecule has 2 rings (SSSR count). The molecule has 0 atom stereocenters. The van der Waals surface area contributed by atoms with E-state index in [1.165, 1.54) is 0 Å². The molecule has 0 unspecified atom stereocenters. The minimum absolute atomic E-state index is 0.440. The van der Waals surface area contributed by atoms with E-state index in [-0.39, 0.29) is 0 Å². The van der Waals surface area contributed by atoms with Gasteiger partial charge in [-0.2, -0.15) is 0 Å². The minimum Gasteiger partial charge on any atom is -0.484 e. The highest BCUT2D eigenvalue weighted by molar-refractivity contribution is 5.88. The smallest absolute Gasteiger partial charge is 0.359 e. The van der Waals surface area contributed by atoms with E-state index in [0.717, 1.165) is 13.3 Å². The predicted octanol–water partition coefficient (Wildman–Crippen LogP) is 0.778. The Morgan fingerprint density at radius 1 is 1.67 bits per heavy atom. The van der Waals surface area contributed by atoms with Crippen molar-refractivity contribution in [3.05, 3.63) is 17.7 Å². The summed E-state index contributed by atoms with van der Waals surface area (Å²) in [7, 11) is 1.03. The number of halogens is 1. The number of hydrogen-bond acceptors (Lipinski definition) is 5. The Labute approximate surface area is 90.4 Å². The van der Waals surface area contributed by atoms with Gasteiger partial charge >= 0.3 is 5.97 Å². The van der Waals surface area contributed by atoms with Gasteiger partial charge in [-0.25, -0.2) is 14.2 Å². The van der Waals surface area contributed by atoms with E-state index in [1.807, 2.05) is 0 Å². The van der Waals surface area contributed by atoms with Crippen molar-refractivity contribution >= 4 is 5.97 Å². The SMILES string of the molecule is [2H]C1([2H])Oc2cnc(C(=O)OC)c(F)c2OC1([2H])[2H]. The van der Waals surface area contributed by atoms with Crippen LogP contribution < -0.4 is 9.47 Å². The van der Waals surface area contributed by atoms with Crippen molar-refractivity contribution in [1.29, 1.82) is 0 Å². The molecule has 0 fully saturated rings. The van der Waals surface area contributed by atoms with E-state index in [4.69, 9.17) is 5.48 Å². The van der Waals surface area contributed by atoms with Crippen molar-refractivity contribution < 1.29 is 28.9 Å². The van der Waals surface area contributed by atoms with Gasteiger partial charge in [0, 0.05) is 0 Å². The van der Waals surface area contributed by atoms with Crippen LogP contribution in [0.25, 0.3) is 0 Å². The van der Waals surface area contributed by atoms with Crippen molar-refractivity contribution in [3.63, 3.8) is 0 Å². The topological polar surface area (TPSA) is 57.7 Å². The second-order valence-electron chi connectivity index (χ2n) is 2.51. The van der Waals surface area contributed by atoms with Gasteiger partial charge in [0.2, 0.25) is 11.6 Å². The lowest BCUT2D eigenvalue weighted by Gasteiger charge is -2.18. The van der Waals surface area contributed by atoms with Crippen LogP contribution in [0.15, 0.2) is 6.20 Å². The average Bonchev–Trinajstić information content (AvgIpc) is 2.31. The van der Waals surface area contributed by atoms with Crippen LogP contribution >= 0.6 is 0 Å². The molecule has 0 radical (unpaired) electrons. The first-order chi connectivity index (χ1) is 8.69. The molecule has 1 aromatic rings. The van der Waals surface area contributed by atoms with Crippen LogP contribution in [0.3, 0.4) is 0 Å². The lowest BCUT2D eigenvalue weighted by molar-refractivity contribution is 0.0585. The van der Waals surface area contributed by atoms with Gasteiger partial charge in [0.1, 0.15) is 13.1 Å². The number of rotatable bonds is 1. The van der Waals surface area contributed by atoms with Crippen LogP contribution in [0, 0.1) is 5.82 Å². The standard InChI is InChI=1S/C9H8FNO4/c1-13-9(12)7-6(10)8-5(4-11-7)14-2-3-15-8/h4H,2-3H2,1H3/i2D2,3D2. The van der Waals surface area contributed by atoms with Gasteiger partial charge < -0.3 is 14.2 Å². The Balaban J connectivity index is 2.54. The number of aromatic nitrogens is 1. The third-order valence-corrected chi connectivity index (χ3v) is 1.68. The molecular weight excluding hydrogens is 205 g/mol. The minimum atomic E-state index is -2.92. The zero-order chi connectivity index (χ0) is 14.4. The fraction of sp³-hybridized carbons (Fsp3) is 0.333. The lowest BCUT2D eigenvalue weighted by Crippen LogP contribution is -2.19. The highest BCUT2D eigenvalue weighted by Crippen LogP contribution is 2.33. The van der Waals surface area contributed by atoms with E-state index in [9.17, 15) is 9.18 Å². The van der Waals surface area contributed by atoms with E-state index in [0.29, 0.717) is 0 Å². The van der Waals surface area contributed by atoms with Gasteiger partial charge in [-0.3, -0.25) is 0 Å². The predicted molar refractivity (Wildman–Crippen MR) is 46.5 cm³/mol. The number of pyridine rings is 1. The maximum atomic E-state index is 13.9. The number of esters is 1. The first-order valence-corrected chi connectivity index (χ1v) is 3.84. The van der Waals surface area contributed by atoms with Gasteiger partial charge in [0.15, 0.2) is 11.4 Å². The largest absolute Gasteiger partial charge is 0.484 e. The molecule has 0 N–H and O–H groups in total. The number of hydrogen-bond donors (Lipinski definition) is 0. The van der Waals surface area contributed by atoms with Gasteiger partial charge in [-0.1, -0.05) is 0 Å². The van der Waals surface area contributed by atoms with Crippen molar-refractivity contribution in [2.75, 3.05) is 20.2 Å². The van der Waals surface area contributed by atoms with E-state index in [1.54, 1.807) is 0 Å². The monoisotopic (exact) mass is 217 g/mol. The Kier molecular flexibility index (Phi) is 1.46. The van der Waals surface area contributed by atoms with Crippen LogP contribution in [0.1, 0.15) is 16.0 Å². The second-order valence-corrected chi connectivity index (χ2v) is 2.51. The summed E-state index contributed by atoms with van der Waals surface area (Å²) in [5, 5.41) is 0. The molecule has 0 spiro atoms. The summed E-state index contributed by atoms with van der Waals surface area (Å²) in [4.78, 5) is 14.7.